The van der Waals surface area contributed by atoms with E-state index in [4.69, 9.17) is 4.74 Å². The van der Waals surface area contributed by atoms with Gasteiger partial charge in [-0.05, 0) is 30.3 Å². The van der Waals surface area contributed by atoms with Gasteiger partial charge < -0.3 is 15.0 Å². The average Bonchev–Trinajstić information content (AvgIpc) is 2.73. The predicted octanol–water partition coefficient (Wildman–Crippen LogP) is 3.28. The maximum atomic E-state index is 12.7. The van der Waals surface area contributed by atoms with Crippen LogP contribution in [0.2, 0.25) is 0 Å². The van der Waals surface area contributed by atoms with Crippen LogP contribution in [0.5, 0.6) is 0 Å². The van der Waals surface area contributed by atoms with Gasteiger partial charge >= 0.3 is 5.97 Å². The molecule has 136 valence electrons. The van der Waals surface area contributed by atoms with Crippen molar-refractivity contribution in [3.05, 3.63) is 78.1 Å². The first-order valence-corrected chi connectivity index (χ1v) is 8.20. The van der Waals surface area contributed by atoms with Crippen LogP contribution in [0.15, 0.2) is 66.9 Å². The molecule has 1 amide bonds. The van der Waals surface area contributed by atoms with Crippen molar-refractivity contribution in [2.24, 2.45) is 0 Å². The van der Waals surface area contributed by atoms with E-state index in [1.807, 2.05) is 30.3 Å². The molecule has 1 heterocycles. The van der Waals surface area contributed by atoms with Gasteiger partial charge in [-0.25, -0.2) is 14.8 Å². The highest BCUT2D eigenvalue weighted by Gasteiger charge is 2.17. The topological polar surface area (TPSA) is 84.4 Å². The van der Waals surface area contributed by atoms with Gasteiger partial charge in [0.1, 0.15) is 5.69 Å². The zero-order valence-electron chi connectivity index (χ0n) is 14.9. The summed E-state index contributed by atoms with van der Waals surface area (Å²) in [5, 5.41) is 2.97. The summed E-state index contributed by atoms with van der Waals surface area (Å²) in [5.41, 5.74) is 1.83. The van der Waals surface area contributed by atoms with E-state index < -0.39 is 5.97 Å². The highest BCUT2D eigenvalue weighted by atomic mass is 16.5. The summed E-state index contributed by atoms with van der Waals surface area (Å²) in [5.74, 6) is -0.541. The molecule has 0 saturated heterocycles. The molecular formula is C20H18N4O3. The smallest absolute Gasteiger partial charge is 0.339 e. The molecule has 0 aliphatic carbocycles. The quantitative estimate of drug-likeness (QED) is 0.701. The molecule has 0 fully saturated rings. The Morgan fingerprint density at radius 1 is 1.00 bits per heavy atom. The number of para-hydroxylation sites is 2. The minimum atomic E-state index is -0.478. The summed E-state index contributed by atoms with van der Waals surface area (Å²) in [6.07, 6.45) is 1.49. The van der Waals surface area contributed by atoms with Crippen LogP contribution in [0.25, 0.3) is 0 Å². The molecule has 0 bridgehead atoms. The Morgan fingerprint density at radius 2 is 1.70 bits per heavy atom. The third kappa shape index (κ3) is 4.09. The molecule has 1 aromatic heterocycles. The van der Waals surface area contributed by atoms with Crippen LogP contribution in [0.3, 0.4) is 0 Å². The number of carbonyl (C=O) groups excluding carboxylic acids is 2. The first kappa shape index (κ1) is 18.1. The molecule has 0 aliphatic rings. The third-order valence-electron chi connectivity index (χ3n) is 3.90. The van der Waals surface area contributed by atoms with E-state index in [0.29, 0.717) is 11.3 Å². The second-order valence-electron chi connectivity index (χ2n) is 5.63. The lowest BCUT2D eigenvalue weighted by molar-refractivity contribution is 0.0601. The van der Waals surface area contributed by atoms with Crippen LogP contribution in [0.4, 0.5) is 17.3 Å². The first-order valence-electron chi connectivity index (χ1n) is 8.20. The number of esters is 1. The molecule has 1 N–H and O–H groups in total. The molecule has 7 nitrogen and oxygen atoms in total. The number of aromatic nitrogens is 2. The lowest BCUT2D eigenvalue weighted by atomic mass is 10.2. The standard InChI is InChI=1S/C20H18N4O3/c1-24(14-8-4-3-5-9-14)18(25)17-12-13-21-20(23-17)22-16-11-7-6-10-15(16)19(26)27-2/h3-13H,1-2H3,(H,21,22,23). The number of carbonyl (C=O) groups is 2. The maximum Gasteiger partial charge on any atom is 0.339 e. The molecule has 3 aromatic rings. The number of hydrogen-bond donors (Lipinski definition) is 1. The van der Waals surface area contributed by atoms with Crippen molar-refractivity contribution >= 4 is 29.2 Å². The maximum absolute atomic E-state index is 12.7. The fraction of sp³-hybridized carbons (Fsp3) is 0.100. The van der Waals surface area contributed by atoms with Crippen LogP contribution < -0.4 is 10.2 Å². The third-order valence-corrected chi connectivity index (χ3v) is 3.90. The monoisotopic (exact) mass is 362 g/mol. The zero-order valence-corrected chi connectivity index (χ0v) is 14.9. The van der Waals surface area contributed by atoms with Gasteiger partial charge in [0.25, 0.3) is 5.91 Å². The van der Waals surface area contributed by atoms with Crippen LogP contribution in [-0.4, -0.2) is 36.0 Å². The molecule has 27 heavy (non-hydrogen) atoms. The van der Waals surface area contributed by atoms with Crippen molar-refractivity contribution in [3.63, 3.8) is 0 Å². The minimum absolute atomic E-state index is 0.207. The summed E-state index contributed by atoms with van der Waals surface area (Å²) in [6.45, 7) is 0. The largest absolute Gasteiger partial charge is 0.465 e. The summed E-state index contributed by atoms with van der Waals surface area (Å²) < 4.78 is 4.78. The number of amides is 1. The lowest BCUT2D eigenvalue weighted by Crippen LogP contribution is -2.27. The van der Waals surface area contributed by atoms with E-state index in [-0.39, 0.29) is 17.5 Å². The van der Waals surface area contributed by atoms with Crippen molar-refractivity contribution in [1.29, 1.82) is 0 Å². The van der Waals surface area contributed by atoms with Gasteiger partial charge in [-0.3, -0.25) is 4.79 Å². The zero-order chi connectivity index (χ0) is 19.2. The number of ether oxygens (including phenoxy) is 1. The normalized spacial score (nSPS) is 10.1. The number of nitrogens with zero attached hydrogens (tertiary/aromatic N) is 3. The molecule has 7 heteroatoms. The second-order valence-corrected chi connectivity index (χ2v) is 5.63. The lowest BCUT2D eigenvalue weighted by Gasteiger charge is -2.17. The number of anilines is 3. The molecule has 0 unspecified atom stereocenters. The summed E-state index contributed by atoms with van der Waals surface area (Å²) in [6, 6.07) is 17.7. The van der Waals surface area contributed by atoms with Gasteiger partial charge in [-0.2, -0.15) is 0 Å². The average molecular weight is 362 g/mol. The summed E-state index contributed by atoms with van der Waals surface area (Å²) in [4.78, 5) is 34.5. The molecule has 3 rings (SSSR count). The van der Waals surface area contributed by atoms with Crippen molar-refractivity contribution in [1.82, 2.24) is 9.97 Å². The summed E-state index contributed by atoms with van der Waals surface area (Å²) >= 11 is 0. The van der Waals surface area contributed by atoms with Gasteiger partial charge in [0, 0.05) is 18.9 Å². The number of nitrogens with one attached hydrogen (secondary N) is 1. The van der Waals surface area contributed by atoms with Gasteiger partial charge in [-0.1, -0.05) is 30.3 Å². The fourth-order valence-electron chi connectivity index (χ4n) is 2.48. The number of hydrogen-bond acceptors (Lipinski definition) is 6. The molecule has 0 aliphatic heterocycles. The van der Waals surface area contributed by atoms with Crippen LogP contribution >= 0.6 is 0 Å². The Hall–Kier alpha value is -3.74. The fourth-order valence-corrected chi connectivity index (χ4v) is 2.48. The Labute approximate surface area is 156 Å². The number of rotatable bonds is 5. The van der Waals surface area contributed by atoms with E-state index in [1.54, 1.807) is 37.4 Å². The van der Waals surface area contributed by atoms with Crippen LogP contribution in [0.1, 0.15) is 20.8 Å². The summed E-state index contributed by atoms with van der Waals surface area (Å²) in [7, 11) is 2.99. The highest BCUT2D eigenvalue weighted by molar-refractivity contribution is 6.04. The van der Waals surface area contributed by atoms with Crippen molar-refractivity contribution in [2.45, 2.75) is 0 Å². The molecular weight excluding hydrogens is 344 g/mol. The van der Waals surface area contributed by atoms with E-state index >= 15 is 0 Å². The van der Waals surface area contributed by atoms with Crippen LogP contribution in [-0.2, 0) is 4.74 Å². The van der Waals surface area contributed by atoms with E-state index in [9.17, 15) is 9.59 Å². The molecule has 0 spiro atoms. The second kappa shape index (κ2) is 8.09. The van der Waals surface area contributed by atoms with Crippen molar-refractivity contribution in [2.75, 3.05) is 24.4 Å². The van der Waals surface area contributed by atoms with Crippen molar-refractivity contribution in [3.8, 4) is 0 Å². The molecule has 0 radical (unpaired) electrons. The molecule has 0 saturated carbocycles. The minimum Gasteiger partial charge on any atom is -0.465 e. The van der Waals surface area contributed by atoms with Gasteiger partial charge in [0.2, 0.25) is 5.95 Å². The Balaban J connectivity index is 1.85. The SMILES string of the molecule is COC(=O)c1ccccc1Nc1nccc(C(=O)N(C)c2ccccc2)n1. The highest BCUT2D eigenvalue weighted by Crippen LogP contribution is 2.20. The van der Waals surface area contributed by atoms with Crippen molar-refractivity contribution < 1.29 is 14.3 Å². The van der Waals surface area contributed by atoms with Crippen LogP contribution in [0, 0.1) is 0 Å². The molecule has 0 atom stereocenters. The molecule has 2 aromatic carbocycles. The van der Waals surface area contributed by atoms with E-state index in [1.165, 1.54) is 18.2 Å². The Morgan fingerprint density at radius 3 is 2.44 bits per heavy atom. The number of benzene rings is 2. The van der Waals surface area contributed by atoms with E-state index in [2.05, 4.69) is 15.3 Å². The van der Waals surface area contributed by atoms with Gasteiger partial charge in [0.15, 0.2) is 0 Å². The predicted molar refractivity (Wildman–Crippen MR) is 102 cm³/mol. The van der Waals surface area contributed by atoms with Gasteiger partial charge in [-0.15, -0.1) is 0 Å². The number of methoxy groups -OCH3 is 1. The van der Waals surface area contributed by atoms with Gasteiger partial charge in [0.05, 0.1) is 18.4 Å². The first-order chi connectivity index (χ1) is 13.1. The Kier molecular flexibility index (Phi) is 5.41. The Bertz CT molecular complexity index is 960. The van der Waals surface area contributed by atoms with E-state index in [0.717, 1.165) is 5.69 Å².